The SMILES string of the molecule is NS(=O)(=O)c1c[nH]c(=O)c([N+](=O)[O-])c1C(F)F. The molecule has 1 heterocycles. The predicted molar refractivity (Wildman–Crippen MR) is 50.0 cm³/mol. The zero-order valence-electron chi connectivity index (χ0n) is 7.88. The molecule has 0 saturated carbocycles. The van der Waals surface area contributed by atoms with Gasteiger partial charge in [0, 0.05) is 6.20 Å². The van der Waals surface area contributed by atoms with Crippen molar-refractivity contribution in [2.45, 2.75) is 11.3 Å². The molecule has 0 aliphatic rings. The summed E-state index contributed by atoms with van der Waals surface area (Å²) >= 11 is 0. The van der Waals surface area contributed by atoms with E-state index >= 15 is 0 Å². The highest BCUT2D eigenvalue weighted by Crippen LogP contribution is 2.30. The standard InChI is InChI=1S/C6H5F2N3O5S/c7-5(8)3-2(17(9,15)16)1-10-6(12)4(3)11(13)14/h1,5H,(H,10,12)(H2,9,15,16). The van der Waals surface area contributed by atoms with Gasteiger partial charge in [-0.25, -0.2) is 22.3 Å². The van der Waals surface area contributed by atoms with Gasteiger partial charge in [0.15, 0.2) is 0 Å². The molecule has 94 valence electrons. The molecule has 0 bridgehead atoms. The molecule has 0 radical (unpaired) electrons. The van der Waals surface area contributed by atoms with Crippen molar-refractivity contribution in [2.75, 3.05) is 0 Å². The molecule has 0 aromatic carbocycles. The lowest BCUT2D eigenvalue weighted by Gasteiger charge is -2.06. The Morgan fingerprint density at radius 1 is 1.47 bits per heavy atom. The summed E-state index contributed by atoms with van der Waals surface area (Å²) in [6.07, 6.45) is -3.13. The van der Waals surface area contributed by atoms with Gasteiger partial charge < -0.3 is 4.98 Å². The molecule has 1 aromatic heterocycles. The first-order valence-electron chi connectivity index (χ1n) is 3.87. The fraction of sp³-hybridized carbons (Fsp3) is 0.167. The molecule has 0 unspecified atom stereocenters. The molecule has 0 spiro atoms. The van der Waals surface area contributed by atoms with Gasteiger partial charge in [-0.15, -0.1) is 0 Å². The molecule has 1 rings (SSSR count). The Balaban J connectivity index is 3.85. The number of pyridine rings is 1. The normalized spacial score (nSPS) is 11.8. The average Bonchev–Trinajstić information content (AvgIpc) is 2.14. The van der Waals surface area contributed by atoms with Crippen molar-refractivity contribution in [3.05, 3.63) is 32.2 Å². The zero-order chi connectivity index (χ0) is 13.4. The Labute approximate surface area is 92.3 Å². The minimum Gasteiger partial charge on any atom is -0.322 e. The number of nitro groups is 1. The summed E-state index contributed by atoms with van der Waals surface area (Å²) in [5, 5.41) is 15.1. The van der Waals surface area contributed by atoms with Crippen LogP contribution in [0.5, 0.6) is 0 Å². The van der Waals surface area contributed by atoms with Gasteiger partial charge in [-0.05, 0) is 0 Å². The lowest BCUT2D eigenvalue weighted by molar-refractivity contribution is -0.388. The van der Waals surface area contributed by atoms with E-state index in [2.05, 4.69) is 5.14 Å². The van der Waals surface area contributed by atoms with E-state index < -0.39 is 43.1 Å². The molecule has 0 fully saturated rings. The Bertz CT molecular complexity index is 623. The van der Waals surface area contributed by atoms with E-state index in [1.165, 1.54) is 0 Å². The Hall–Kier alpha value is -1.88. The lowest BCUT2D eigenvalue weighted by atomic mass is 10.2. The first-order valence-corrected chi connectivity index (χ1v) is 5.41. The van der Waals surface area contributed by atoms with Crippen LogP contribution in [0.25, 0.3) is 0 Å². The molecular weight excluding hydrogens is 264 g/mol. The molecule has 1 aromatic rings. The Morgan fingerprint density at radius 3 is 2.35 bits per heavy atom. The highest BCUT2D eigenvalue weighted by molar-refractivity contribution is 7.89. The molecule has 17 heavy (non-hydrogen) atoms. The number of aromatic nitrogens is 1. The molecule has 0 aliphatic carbocycles. The number of halogens is 2. The van der Waals surface area contributed by atoms with Crippen molar-refractivity contribution >= 4 is 15.7 Å². The number of rotatable bonds is 3. The van der Waals surface area contributed by atoms with Crippen LogP contribution < -0.4 is 10.7 Å². The van der Waals surface area contributed by atoms with E-state index in [1.54, 1.807) is 4.98 Å². The van der Waals surface area contributed by atoms with E-state index in [9.17, 15) is 32.1 Å². The van der Waals surface area contributed by atoms with Gasteiger partial charge in [0.05, 0.1) is 4.92 Å². The third-order valence-electron chi connectivity index (χ3n) is 1.78. The van der Waals surface area contributed by atoms with Crippen LogP contribution in [0.2, 0.25) is 0 Å². The Kier molecular flexibility index (Phi) is 3.24. The zero-order valence-corrected chi connectivity index (χ0v) is 8.70. The number of aromatic amines is 1. The average molecular weight is 269 g/mol. The van der Waals surface area contributed by atoms with Crippen molar-refractivity contribution in [1.82, 2.24) is 4.98 Å². The highest BCUT2D eigenvalue weighted by atomic mass is 32.2. The van der Waals surface area contributed by atoms with Crippen LogP contribution in [0.1, 0.15) is 12.0 Å². The summed E-state index contributed by atoms with van der Waals surface area (Å²) < 4.78 is 47.1. The van der Waals surface area contributed by atoms with Crippen LogP contribution >= 0.6 is 0 Å². The van der Waals surface area contributed by atoms with Crippen molar-refractivity contribution < 1.29 is 22.1 Å². The van der Waals surface area contributed by atoms with E-state index in [0.717, 1.165) is 0 Å². The van der Waals surface area contributed by atoms with Crippen LogP contribution in [-0.4, -0.2) is 18.3 Å². The topological polar surface area (TPSA) is 136 Å². The number of nitrogens with one attached hydrogen (secondary N) is 1. The minimum atomic E-state index is -4.61. The lowest BCUT2D eigenvalue weighted by Crippen LogP contribution is -2.21. The van der Waals surface area contributed by atoms with Gasteiger partial charge in [0.2, 0.25) is 10.0 Å². The second-order valence-corrected chi connectivity index (χ2v) is 4.38. The van der Waals surface area contributed by atoms with Crippen molar-refractivity contribution in [3.63, 3.8) is 0 Å². The van der Waals surface area contributed by atoms with Crippen LogP contribution in [-0.2, 0) is 10.0 Å². The maximum absolute atomic E-state index is 12.6. The number of H-pyrrole nitrogens is 1. The number of sulfonamides is 1. The van der Waals surface area contributed by atoms with Gasteiger partial charge in [-0.3, -0.25) is 14.9 Å². The smallest absolute Gasteiger partial charge is 0.322 e. The highest BCUT2D eigenvalue weighted by Gasteiger charge is 2.33. The summed E-state index contributed by atoms with van der Waals surface area (Å²) in [6, 6.07) is 0. The second-order valence-electron chi connectivity index (χ2n) is 2.85. The second kappa shape index (κ2) is 4.18. The predicted octanol–water partition coefficient (Wildman–Crippen LogP) is -0.132. The number of primary sulfonamides is 1. The summed E-state index contributed by atoms with van der Waals surface area (Å²) in [7, 11) is -4.61. The number of hydrogen-bond acceptors (Lipinski definition) is 5. The molecule has 0 amide bonds. The van der Waals surface area contributed by atoms with Gasteiger partial charge in [0.1, 0.15) is 10.5 Å². The van der Waals surface area contributed by atoms with E-state index in [0.29, 0.717) is 6.20 Å². The van der Waals surface area contributed by atoms with Gasteiger partial charge in [-0.2, -0.15) is 0 Å². The first kappa shape index (κ1) is 13.2. The number of nitrogens with two attached hydrogens (primary N) is 1. The molecule has 8 nitrogen and oxygen atoms in total. The third kappa shape index (κ3) is 2.45. The van der Waals surface area contributed by atoms with Gasteiger partial charge >= 0.3 is 11.2 Å². The fourth-order valence-electron chi connectivity index (χ4n) is 1.14. The summed E-state index contributed by atoms with van der Waals surface area (Å²) in [5.74, 6) is 0. The number of nitrogens with zero attached hydrogens (tertiary/aromatic N) is 1. The maximum Gasteiger partial charge on any atom is 0.344 e. The summed E-state index contributed by atoms with van der Waals surface area (Å²) in [5.41, 5.74) is -4.48. The van der Waals surface area contributed by atoms with E-state index in [4.69, 9.17) is 0 Å². The van der Waals surface area contributed by atoms with Crippen molar-refractivity contribution in [3.8, 4) is 0 Å². The van der Waals surface area contributed by atoms with Crippen LogP contribution in [0.4, 0.5) is 14.5 Å². The Morgan fingerprint density at radius 2 is 2.00 bits per heavy atom. The monoisotopic (exact) mass is 269 g/mol. The fourth-order valence-corrected chi connectivity index (χ4v) is 1.86. The molecule has 0 atom stereocenters. The summed E-state index contributed by atoms with van der Waals surface area (Å²) in [6.45, 7) is 0. The van der Waals surface area contributed by atoms with Crippen molar-refractivity contribution in [2.24, 2.45) is 5.14 Å². The van der Waals surface area contributed by atoms with Gasteiger partial charge in [-0.1, -0.05) is 0 Å². The molecular formula is C6H5F2N3O5S. The van der Waals surface area contributed by atoms with Crippen LogP contribution in [0.15, 0.2) is 15.9 Å². The van der Waals surface area contributed by atoms with Crippen LogP contribution in [0, 0.1) is 10.1 Å². The number of hydrogen-bond donors (Lipinski definition) is 2. The summed E-state index contributed by atoms with van der Waals surface area (Å²) in [4.78, 5) is 20.5. The molecule has 11 heteroatoms. The minimum absolute atomic E-state index is 0.395. The van der Waals surface area contributed by atoms with Crippen molar-refractivity contribution in [1.29, 1.82) is 0 Å². The third-order valence-corrected chi connectivity index (χ3v) is 2.73. The van der Waals surface area contributed by atoms with E-state index in [-0.39, 0.29) is 0 Å². The quantitative estimate of drug-likeness (QED) is 0.581. The first-order chi connectivity index (χ1) is 7.66. The number of alkyl halides is 2. The van der Waals surface area contributed by atoms with E-state index in [1.807, 2.05) is 0 Å². The van der Waals surface area contributed by atoms with Gasteiger partial charge in [0.25, 0.3) is 6.43 Å². The molecule has 0 aliphatic heterocycles. The maximum atomic E-state index is 12.6. The molecule has 3 N–H and O–H groups in total. The largest absolute Gasteiger partial charge is 0.344 e. The molecule has 0 saturated heterocycles. The van der Waals surface area contributed by atoms with Crippen LogP contribution in [0.3, 0.4) is 0 Å².